The van der Waals surface area contributed by atoms with Crippen LogP contribution in [0.1, 0.15) is 15.9 Å². The summed E-state index contributed by atoms with van der Waals surface area (Å²) in [6.45, 7) is 7.24. The quantitative estimate of drug-likeness (QED) is 0.427. The van der Waals surface area contributed by atoms with E-state index in [9.17, 15) is 4.79 Å². The first kappa shape index (κ1) is 23.8. The molecule has 5 rings (SSSR count). The molecular formula is C29H31N5O2. The fourth-order valence-electron chi connectivity index (χ4n) is 4.64. The van der Waals surface area contributed by atoms with Gasteiger partial charge >= 0.3 is 0 Å². The molecular weight excluding hydrogens is 450 g/mol. The second-order valence-corrected chi connectivity index (χ2v) is 9.09. The lowest BCUT2D eigenvalue weighted by Gasteiger charge is -2.36. The molecule has 0 bridgehead atoms. The molecule has 0 saturated carbocycles. The van der Waals surface area contributed by atoms with Gasteiger partial charge in [0, 0.05) is 55.9 Å². The van der Waals surface area contributed by atoms with Crippen LogP contribution in [-0.4, -0.2) is 67.4 Å². The van der Waals surface area contributed by atoms with E-state index >= 15 is 0 Å². The second kappa shape index (κ2) is 10.7. The van der Waals surface area contributed by atoms with Gasteiger partial charge in [0.1, 0.15) is 11.4 Å². The van der Waals surface area contributed by atoms with Crippen LogP contribution in [0.4, 0.5) is 5.69 Å². The van der Waals surface area contributed by atoms with Gasteiger partial charge in [-0.15, -0.1) is 10.2 Å². The average Bonchev–Trinajstić information content (AvgIpc) is 2.93. The molecule has 1 fully saturated rings. The number of ether oxygens (including phenoxy) is 1. The summed E-state index contributed by atoms with van der Waals surface area (Å²) < 4.78 is 5.26. The maximum atomic E-state index is 13.4. The van der Waals surface area contributed by atoms with Crippen LogP contribution in [0, 0.1) is 6.92 Å². The molecule has 1 N–H and O–H groups in total. The van der Waals surface area contributed by atoms with E-state index in [2.05, 4.69) is 37.4 Å². The van der Waals surface area contributed by atoms with Crippen molar-refractivity contribution in [2.75, 3.05) is 51.3 Å². The van der Waals surface area contributed by atoms with Gasteiger partial charge in [-0.3, -0.25) is 9.69 Å². The first-order valence-electron chi connectivity index (χ1n) is 12.3. The number of hydrogen-bond donors (Lipinski definition) is 1. The van der Waals surface area contributed by atoms with Crippen LogP contribution in [0.25, 0.3) is 22.2 Å². The molecule has 0 radical (unpaired) electrons. The molecule has 36 heavy (non-hydrogen) atoms. The summed E-state index contributed by atoms with van der Waals surface area (Å²) in [7, 11) is 1.68. The third-order valence-corrected chi connectivity index (χ3v) is 6.74. The van der Waals surface area contributed by atoms with Gasteiger partial charge in [0.05, 0.1) is 18.2 Å². The average molecular weight is 482 g/mol. The van der Waals surface area contributed by atoms with Crippen molar-refractivity contribution in [1.29, 1.82) is 0 Å². The summed E-state index contributed by atoms with van der Waals surface area (Å²) in [6, 6.07) is 23.9. The number of methoxy groups -OCH3 is 1. The predicted molar refractivity (Wildman–Crippen MR) is 144 cm³/mol. The number of carbonyl (C=O) groups excluding carboxylic acids is 1. The summed E-state index contributed by atoms with van der Waals surface area (Å²) in [6.07, 6.45) is 0. The van der Waals surface area contributed by atoms with Gasteiger partial charge in [0.25, 0.3) is 5.91 Å². The van der Waals surface area contributed by atoms with Crippen LogP contribution in [0.15, 0.2) is 72.8 Å². The van der Waals surface area contributed by atoms with Crippen LogP contribution >= 0.6 is 0 Å². The SMILES string of the molecule is COc1ccc(N2CCN(CCNC(=O)c3c(-c4ccc(C)cc4)nnc4ccccc34)CC2)cc1. The van der Waals surface area contributed by atoms with Gasteiger partial charge in [-0.25, -0.2) is 0 Å². The minimum Gasteiger partial charge on any atom is -0.497 e. The van der Waals surface area contributed by atoms with E-state index in [4.69, 9.17) is 4.74 Å². The van der Waals surface area contributed by atoms with Crippen LogP contribution in [0.3, 0.4) is 0 Å². The van der Waals surface area contributed by atoms with Gasteiger partial charge < -0.3 is 15.0 Å². The number of hydrogen-bond acceptors (Lipinski definition) is 6. The van der Waals surface area contributed by atoms with E-state index < -0.39 is 0 Å². The minimum atomic E-state index is -0.117. The molecule has 4 aromatic rings. The van der Waals surface area contributed by atoms with Crippen molar-refractivity contribution in [1.82, 2.24) is 20.4 Å². The van der Waals surface area contributed by atoms with Crippen molar-refractivity contribution in [2.45, 2.75) is 6.92 Å². The molecule has 7 nitrogen and oxygen atoms in total. The lowest BCUT2D eigenvalue weighted by Crippen LogP contribution is -2.48. The number of benzene rings is 3. The van der Waals surface area contributed by atoms with Crippen molar-refractivity contribution < 1.29 is 9.53 Å². The van der Waals surface area contributed by atoms with Gasteiger partial charge in [0.2, 0.25) is 0 Å². The normalized spacial score (nSPS) is 14.1. The highest BCUT2D eigenvalue weighted by molar-refractivity contribution is 6.10. The minimum absolute atomic E-state index is 0.117. The molecule has 1 aliphatic rings. The topological polar surface area (TPSA) is 70.6 Å². The van der Waals surface area contributed by atoms with E-state index in [1.54, 1.807) is 7.11 Å². The third-order valence-electron chi connectivity index (χ3n) is 6.74. The highest BCUT2D eigenvalue weighted by atomic mass is 16.5. The van der Waals surface area contributed by atoms with Crippen molar-refractivity contribution in [3.05, 3.63) is 83.9 Å². The number of nitrogens with one attached hydrogen (secondary N) is 1. The first-order valence-corrected chi connectivity index (χ1v) is 12.3. The Morgan fingerprint density at radius 2 is 1.64 bits per heavy atom. The predicted octanol–water partition coefficient (Wildman–Crippen LogP) is 4.17. The summed E-state index contributed by atoms with van der Waals surface area (Å²) in [5, 5.41) is 12.8. The fourth-order valence-corrected chi connectivity index (χ4v) is 4.64. The monoisotopic (exact) mass is 481 g/mol. The Balaban J connectivity index is 1.23. The molecule has 1 aliphatic heterocycles. The van der Waals surface area contributed by atoms with E-state index in [1.165, 1.54) is 5.69 Å². The Kier molecular flexibility index (Phi) is 7.09. The summed E-state index contributed by atoms with van der Waals surface area (Å²) in [4.78, 5) is 18.2. The Morgan fingerprint density at radius 1 is 0.917 bits per heavy atom. The van der Waals surface area contributed by atoms with E-state index in [-0.39, 0.29) is 5.91 Å². The molecule has 0 unspecified atom stereocenters. The number of aryl methyl sites for hydroxylation is 1. The third kappa shape index (κ3) is 5.16. The van der Waals surface area contributed by atoms with Crippen molar-refractivity contribution in [3.63, 3.8) is 0 Å². The molecule has 184 valence electrons. The number of anilines is 1. The smallest absolute Gasteiger partial charge is 0.254 e. The van der Waals surface area contributed by atoms with Gasteiger partial charge in [-0.2, -0.15) is 0 Å². The molecule has 1 saturated heterocycles. The maximum Gasteiger partial charge on any atom is 0.254 e. The number of carbonyl (C=O) groups is 1. The number of fused-ring (bicyclic) bond motifs is 1. The Bertz CT molecular complexity index is 1330. The second-order valence-electron chi connectivity index (χ2n) is 9.09. The zero-order valence-corrected chi connectivity index (χ0v) is 20.8. The van der Waals surface area contributed by atoms with Gasteiger partial charge in [-0.05, 0) is 37.3 Å². The zero-order chi connectivity index (χ0) is 24.9. The van der Waals surface area contributed by atoms with Crippen LogP contribution in [-0.2, 0) is 0 Å². The number of amides is 1. The fraction of sp³-hybridized carbons (Fsp3) is 0.276. The lowest BCUT2D eigenvalue weighted by atomic mass is 10.0. The molecule has 0 atom stereocenters. The van der Waals surface area contributed by atoms with Crippen molar-refractivity contribution in [2.24, 2.45) is 0 Å². The standard InChI is InChI=1S/C29H31N5O2/c1-21-7-9-22(10-8-21)28-27(25-5-3-4-6-26(25)31-32-28)29(35)30-15-16-33-17-19-34(20-18-33)23-11-13-24(36-2)14-12-23/h3-14H,15-20H2,1-2H3,(H,30,35). The zero-order valence-electron chi connectivity index (χ0n) is 20.8. The molecule has 0 aliphatic carbocycles. The highest BCUT2D eigenvalue weighted by Gasteiger charge is 2.21. The van der Waals surface area contributed by atoms with Crippen LogP contribution in [0.2, 0.25) is 0 Å². The molecule has 7 heteroatoms. The van der Waals surface area contributed by atoms with Gasteiger partial charge in [0.15, 0.2) is 0 Å². The van der Waals surface area contributed by atoms with Gasteiger partial charge in [-0.1, -0.05) is 48.0 Å². The largest absolute Gasteiger partial charge is 0.497 e. The molecule has 0 spiro atoms. The Labute approximate surface area is 211 Å². The van der Waals surface area contributed by atoms with E-state index in [0.717, 1.165) is 55.0 Å². The van der Waals surface area contributed by atoms with E-state index in [0.29, 0.717) is 23.3 Å². The van der Waals surface area contributed by atoms with Crippen molar-refractivity contribution in [3.8, 4) is 17.0 Å². The Morgan fingerprint density at radius 3 is 2.36 bits per heavy atom. The molecule has 3 aromatic carbocycles. The lowest BCUT2D eigenvalue weighted by molar-refractivity contribution is 0.0949. The molecule has 1 aromatic heterocycles. The maximum absolute atomic E-state index is 13.4. The van der Waals surface area contributed by atoms with E-state index in [1.807, 2.05) is 67.6 Å². The first-order chi connectivity index (χ1) is 17.6. The molecule has 1 amide bonds. The molecule has 2 heterocycles. The summed E-state index contributed by atoms with van der Waals surface area (Å²) >= 11 is 0. The number of piperazine rings is 1. The highest BCUT2D eigenvalue weighted by Crippen LogP contribution is 2.27. The summed E-state index contributed by atoms with van der Waals surface area (Å²) in [5.74, 6) is 0.754. The van der Waals surface area contributed by atoms with Crippen LogP contribution in [0.5, 0.6) is 5.75 Å². The summed E-state index contributed by atoms with van der Waals surface area (Å²) in [5.41, 5.74) is 5.16. The number of aromatic nitrogens is 2. The Hall–Kier alpha value is -3.97. The number of nitrogens with zero attached hydrogens (tertiary/aromatic N) is 4. The number of rotatable bonds is 7. The van der Waals surface area contributed by atoms with Crippen LogP contribution < -0.4 is 15.0 Å². The van der Waals surface area contributed by atoms with Crippen molar-refractivity contribution >= 4 is 22.5 Å².